The summed E-state index contributed by atoms with van der Waals surface area (Å²) in [7, 11) is 0. The van der Waals surface area contributed by atoms with Crippen LogP contribution in [0.4, 0.5) is 11.4 Å². The van der Waals surface area contributed by atoms with E-state index in [1.165, 1.54) is 4.90 Å². The number of para-hydroxylation sites is 1. The lowest BCUT2D eigenvalue weighted by atomic mass is 9.70. The lowest BCUT2D eigenvalue weighted by Gasteiger charge is -2.38. The zero-order valence-electron chi connectivity index (χ0n) is 23.9. The van der Waals surface area contributed by atoms with Gasteiger partial charge in [0.15, 0.2) is 0 Å². The Morgan fingerprint density at radius 1 is 1.14 bits per heavy atom. The van der Waals surface area contributed by atoms with E-state index in [1.807, 2.05) is 31.2 Å². The van der Waals surface area contributed by atoms with Crippen LogP contribution >= 0.6 is 39.3 Å². The van der Waals surface area contributed by atoms with E-state index in [-0.39, 0.29) is 54.0 Å². The zero-order valence-corrected chi connectivity index (χ0v) is 27.1. The first kappa shape index (κ1) is 31.6. The minimum absolute atomic E-state index is 0.0215. The predicted molar refractivity (Wildman–Crippen MR) is 175 cm³/mol. The number of aliphatic hydroxyl groups excluding tert-OH is 1. The van der Waals surface area contributed by atoms with Crippen LogP contribution in [-0.2, 0) is 14.4 Å². The average molecular weight is 689 g/mol. The number of rotatable bonds is 12. The van der Waals surface area contributed by atoms with E-state index in [0.717, 1.165) is 0 Å². The molecule has 0 aliphatic carbocycles. The van der Waals surface area contributed by atoms with Crippen LogP contribution in [-0.4, -0.2) is 81.4 Å². The number of carbonyl (C=O) groups is 3. The van der Waals surface area contributed by atoms with Crippen molar-refractivity contribution in [3.63, 3.8) is 0 Å². The summed E-state index contributed by atoms with van der Waals surface area (Å²) in [6.07, 6.45) is 3.80. The molecule has 228 valence electrons. The monoisotopic (exact) mass is 687 g/mol. The van der Waals surface area contributed by atoms with E-state index in [2.05, 4.69) is 29.1 Å². The summed E-state index contributed by atoms with van der Waals surface area (Å²) in [6, 6.07) is 13.4. The number of amides is 3. The number of nitrogens with zero attached hydrogens (tertiary/aromatic N) is 3. The average Bonchev–Trinajstić information content (AvgIpc) is 3.59. The van der Waals surface area contributed by atoms with Crippen molar-refractivity contribution in [2.75, 3.05) is 42.6 Å². The second-order valence-electron chi connectivity index (χ2n) is 10.8. The lowest BCUT2D eigenvalue weighted by molar-refractivity contribution is -0.139. The van der Waals surface area contributed by atoms with E-state index < -0.39 is 22.6 Å². The summed E-state index contributed by atoms with van der Waals surface area (Å²) in [4.78, 5) is 47.9. The number of halogens is 2. The molecule has 1 spiro atoms. The third-order valence-electron chi connectivity index (χ3n) is 8.41. The number of anilines is 2. The summed E-state index contributed by atoms with van der Waals surface area (Å²) in [5.41, 5.74) is 1.18. The Hall–Kier alpha value is -2.79. The fourth-order valence-electron chi connectivity index (χ4n) is 6.81. The van der Waals surface area contributed by atoms with Gasteiger partial charge in [-0.05, 0) is 49.7 Å². The summed E-state index contributed by atoms with van der Waals surface area (Å²) in [5, 5.41) is 10.2. The van der Waals surface area contributed by atoms with E-state index in [1.54, 1.807) is 58.0 Å². The van der Waals surface area contributed by atoms with Crippen molar-refractivity contribution in [3.8, 4) is 5.75 Å². The molecule has 3 unspecified atom stereocenters. The molecule has 11 heteroatoms. The second kappa shape index (κ2) is 13.1. The number of aliphatic hydroxyl groups is 1. The number of hydrogen-bond acceptors (Lipinski definition) is 6. The Morgan fingerprint density at radius 3 is 2.44 bits per heavy atom. The molecule has 1 N–H and O–H groups in total. The minimum atomic E-state index is -0.903. The number of thioether (sulfide) groups is 1. The van der Waals surface area contributed by atoms with Gasteiger partial charge in [0.25, 0.3) is 5.91 Å². The molecule has 2 aromatic rings. The van der Waals surface area contributed by atoms with E-state index >= 15 is 0 Å². The van der Waals surface area contributed by atoms with Gasteiger partial charge in [-0.3, -0.25) is 14.4 Å². The van der Waals surface area contributed by atoms with Gasteiger partial charge in [0.05, 0.1) is 40.5 Å². The molecule has 3 saturated heterocycles. The quantitative estimate of drug-likeness (QED) is 0.251. The predicted octanol–water partition coefficient (Wildman–Crippen LogP) is 4.93. The van der Waals surface area contributed by atoms with Gasteiger partial charge in [-0.1, -0.05) is 51.8 Å². The van der Waals surface area contributed by atoms with Gasteiger partial charge in [-0.25, -0.2) is 0 Å². The van der Waals surface area contributed by atoms with Crippen molar-refractivity contribution >= 4 is 68.4 Å². The number of β-amino-alcohol motifs (C(OH)–C–C–N with tert-alkyl or cyclic N) is 1. The molecule has 3 aliphatic rings. The Labute approximate surface area is 269 Å². The van der Waals surface area contributed by atoms with Crippen LogP contribution in [0.5, 0.6) is 5.75 Å². The summed E-state index contributed by atoms with van der Waals surface area (Å²) in [5.74, 6) is -1.53. The first-order valence-electron chi connectivity index (χ1n) is 14.3. The van der Waals surface area contributed by atoms with Crippen LogP contribution in [0.15, 0.2) is 73.8 Å². The molecule has 5 rings (SSSR count). The third kappa shape index (κ3) is 5.41. The SMILES string of the molecule is C=CCN(C(=O)[C@H]1[C@H]2C(=O)N(CCO)C(C(=O)N(CC=C)c3ccccc3Cl)C23CC(Br)[C@@H]1S3)c1ccc(OCC)cc1. The topological polar surface area (TPSA) is 90.4 Å². The molecule has 0 radical (unpaired) electrons. The maximum atomic E-state index is 14.6. The smallest absolute Gasteiger partial charge is 0.251 e. The van der Waals surface area contributed by atoms with Crippen molar-refractivity contribution in [2.45, 2.75) is 34.2 Å². The normalized spacial score (nSPS) is 27.1. The van der Waals surface area contributed by atoms with Crippen LogP contribution in [0.2, 0.25) is 5.02 Å². The highest BCUT2D eigenvalue weighted by molar-refractivity contribution is 9.09. The van der Waals surface area contributed by atoms with Crippen molar-refractivity contribution in [1.29, 1.82) is 0 Å². The van der Waals surface area contributed by atoms with Crippen LogP contribution in [0.1, 0.15) is 13.3 Å². The number of fused-ring (bicyclic) bond motifs is 1. The molecule has 8 nitrogen and oxygen atoms in total. The Bertz CT molecular complexity index is 1410. The molecule has 0 aromatic heterocycles. The fourth-order valence-corrected chi connectivity index (χ4v) is 10.7. The standard InChI is InChI=1S/C32H35BrClN3O5S/c1-4-15-35(20-11-13-21(14-12-20)42-6-3)29(39)25-26-30(40)37(17-18-38)28(32(26)19-22(33)27(25)43-32)31(41)36(16-5-2)24-10-8-7-9-23(24)34/h4-5,7-14,22,25-28,38H,1-2,6,15-19H2,3H3/t22?,25-,26-,27-,28?,32?/m0/s1. The third-order valence-corrected chi connectivity index (χ3v) is 11.9. The maximum Gasteiger partial charge on any atom is 0.251 e. The molecule has 2 bridgehead atoms. The summed E-state index contributed by atoms with van der Waals surface area (Å²) < 4.78 is 4.70. The van der Waals surface area contributed by atoms with Crippen molar-refractivity contribution in [2.24, 2.45) is 11.8 Å². The molecule has 3 aliphatic heterocycles. The van der Waals surface area contributed by atoms with Crippen LogP contribution in [0.3, 0.4) is 0 Å². The number of ether oxygens (including phenoxy) is 1. The molecule has 2 aromatic carbocycles. The first-order valence-corrected chi connectivity index (χ1v) is 16.5. The molecule has 6 atom stereocenters. The van der Waals surface area contributed by atoms with Crippen LogP contribution in [0.25, 0.3) is 0 Å². The van der Waals surface area contributed by atoms with E-state index in [4.69, 9.17) is 16.3 Å². The van der Waals surface area contributed by atoms with Crippen LogP contribution in [0, 0.1) is 11.8 Å². The Balaban J connectivity index is 1.55. The van der Waals surface area contributed by atoms with Crippen LogP contribution < -0.4 is 14.5 Å². The number of carbonyl (C=O) groups excluding carboxylic acids is 3. The molecule has 3 fully saturated rings. The largest absolute Gasteiger partial charge is 0.494 e. The van der Waals surface area contributed by atoms with Crippen molar-refractivity contribution < 1.29 is 24.2 Å². The van der Waals surface area contributed by atoms with E-state index in [0.29, 0.717) is 35.2 Å². The van der Waals surface area contributed by atoms with Gasteiger partial charge >= 0.3 is 0 Å². The van der Waals surface area contributed by atoms with Gasteiger partial charge in [-0.15, -0.1) is 24.9 Å². The number of benzene rings is 2. The fraction of sp³-hybridized carbons (Fsp3) is 0.406. The zero-order chi connectivity index (χ0) is 30.9. The van der Waals surface area contributed by atoms with E-state index in [9.17, 15) is 19.5 Å². The minimum Gasteiger partial charge on any atom is -0.494 e. The highest BCUT2D eigenvalue weighted by atomic mass is 79.9. The van der Waals surface area contributed by atoms with Crippen molar-refractivity contribution in [3.05, 3.63) is 78.9 Å². The molecule has 3 amide bonds. The van der Waals surface area contributed by atoms with Gasteiger partial charge in [0.2, 0.25) is 11.8 Å². The molecule has 3 heterocycles. The molecule has 0 saturated carbocycles. The van der Waals surface area contributed by atoms with Gasteiger partial charge < -0.3 is 24.5 Å². The maximum absolute atomic E-state index is 14.6. The highest BCUT2D eigenvalue weighted by Crippen LogP contribution is 2.68. The molecular formula is C32H35BrClN3O5S. The Kier molecular flexibility index (Phi) is 9.61. The van der Waals surface area contributed by atoms with Gasteiger partial charge in [0.1, 0.15) is 11.8 Å². The summed E-state index contributed by atoms with van der Waals surface area (Å²) in [6.45, 7) is 10.2. The molecule has 43 heavy (non-hydrogen) atoms. The number of hydrogen-bond donors (Lipinski definition) is 1. The summed E-state index contributed by atoms with van der Waals surface area (Å²) >= 11 is 11.9. The van der Waals surface area contributed by atoms with Gasteiger partial charge in [-0.2, -0.15) is 0 Å². The highest BCUT2D eigenvalue weighted by Gasteiger charge is 2.76. The lowest BCUT2D eigenvalue weighted by Crippen LogP contribution is -2.56. The number of alkyl halides is 1. The first-order chi connectivity index (χ1) is 20.7. The second-order valence-corrected chi connectivity index (χ2v) is 13.9. The van der Waals surface area contributed by atoms with Gasteiger partial charge in [0, 0.05) is 35.4 Å². The Morgan fingerprint density at radius 2 is 1.81 bits per heavy atom. The number of likely N-dealkylation sites (tertiary alicyclic amines) is 1. The van der Waals surface area contributed by atoms with Crippen molar-refractivity contribution in [1.82, 2.24) is 4.90 Å². The molecular weight excluding hydrogens is 654 g/mol.